The molecule has 0 saturated carbocycles. The predicted molar refractivity (Wildman–Crippen MR) is 202 cm³/mol. The van der Waals surface area contributed by atoms with Crippen LogP contribution in [0.15, 0.2) is 30.3 Å². The summed E-state index contributed by atoms with van der Waals surface area (Å²) in [6.07, 6.45) is -2.02. The third kappa shape index (κ3) is 12.8. The minimum Gasteiger partial charge on any atom is -0.504 e. The maximum atomic E-state index is 15.5. The van der Waals surface area contributed by atoms with Gasteiger partial charge in [-0.25, -0.2) is 18.8 Å². The van der Waals surface area contributed by atoms with Gasteiger partial charge in [0, 0.05) is 43.5 Å². The molecule has 1 aliphatic heterocycles. The third-order valence-electron chi connectivity index (χ3n) is 8.44. The van der Waals surface area contributed by atoms with Crippen LogP contribution < -0.4 is 26.4 Å². The van der Waals surface area contributed by atoms with Gasteiger partial charge in [-0.05, 0) is 83.4 Å². The highest BCUT2D eigenvalue weighted by Crippen LogP contribution is 2.41. The summed E-state index contributed by atoms with van der Waals surface area (Å²) in [6, 6.07) is 2.99. The van der Waals surface area contributed by atoms with Gasteiger partial charge < -0.3 is 50.6 Å². The number of methoxy groups -OCH3 is 1. The number of Topliss-reactive ketones (excluding diaryl/α,β-unsaturated/α-hetero) is 1. The number of halogens is 1. The Bertz CT molecular complexity index is 1790. The van der Waals surface area contributed by atoms with Gasteiger partial charge >= 0.3 is 18.2 Å². The Morgan fingerprint density at radius 1 is 0.964 bits per heavy atom. The van der Waals surface area contributed by atoms with Gasteiger partial charge in [0.05, 0.1) is 19.7 Å². The number of ketones is 1. The number of esters is 1. The topological polar surface area (TPSA) is 225 Å². The molecule has 1 aliphatic rings. The molecular formula is C39H54FN5O11. The molecule has 16 nitrogen and oxygen atoms in total. The molecule has 0 saturated heterocycles. The van der Waals surface area contributed by atoms with E-state index in [9.17, 15) is 33.9 Å². The smallest absolute Gasteiger partial charge is 0.407 e. The fraction of sp³-hybridized carbons (Fsp3) is 0.538. The van der Waals surface area contributed by atoms with Crippen molar-refractivity contribution in [3.63, 3.8) is 0 Å². The summed E-state index contributed by atoms with van der Waals surface area (Å²) in [6.45, 7) is 11.6. The number of hydrogen-bond donors (Lipinski definition) is 5. The number of alkyl carbamates (subject to hydrolysis) is 2. The van der Waals surface area contributed by atoms with Crippen molar-refractivity contribution in [2.45, 2.75) is 97.1 Å². The standard InChI is InChI=1S/C39H54FN5O11/c1-21-16-29(46)31(45(8)34(49)27(41)12-13-42-36(51)55-38(2,3)4)23-10-11-30(54-15-14-43-37(52)56-39(5,6)7)24(20-23)25-17-22(18-26(40)32(25)47)19-28(35(50)53-9)44-33(21)48/h10-11,17-18,20-21,27-28,31,47H,12-16,19,41H2,1-9H3,(H,42,51)(H,43,52)(H,44,48)/t21-,27+,28+,31+/m1/s1. The molecule has 0 spiro atoms. The van der Waals surface area contributed by atoms with Crippen molar-refractivity contribution in [3.05, 3.63) is 47.3 Å². The van der Waals surface area contributed by atoms with Gasteiger partial charge in [0.15, 0.2) is 17.3 Å². The molecule has 56 heavy (non-hydrogen) atoms. The molecule has 4 bridgehead atoms. The minimum atomic E-state index is -1.36. The van der Waals surface area contributed by atoms with E-state index < -0.39 is 82.6 Å². The molecule has 0 aromatic heterocycles. The van der Waals surface area contributed by atoms with E-state index in [2.05, 4.69) is 16.0 Å². The molecule has 3 rings (SSSR count). The number of carbonyl (C=O) groups excluding carboxylic acids is 6. The van der Waals surface area contributed by atoms with Crippen LogP contribution in [0.5, 0.6) is 11.5 Å². The molecule has 0 aliphatic carbocycles. The first-order valence-corrected chi connectivity index (χ1v) is 18.2. The zero-order valence-corrected chi connectivity index (χ0v) is 33.4. The van der Waals surface area contributed by atoms with Crippen molar-refractivity contribution in [1.29, 1.82) is 0 Å². The summed E-state index contributed by atoms with van der Waals surface area (Å²) in [5.41, 5.74) is 5.20. The van der Waals surface area contributed by atoms with Crippen LogP contribution in [0.1, 0.15) is 78.5 Å². The molecular weight excluding hydrogens is 733 g/mol. The molecule has 4 amide bonds. The number of rotatable bonds is 10. The third-order valence-corrected chi connectivity index (χ3v) is 8.44. The van der Waals surface area contributed by atoms with E-state index in [1.54, 1.807) is 41.5 Å². The van der Waals surface area contributed by atoms with E-state index in [1.165, 1.54) is 38.2 Å². The van der Waals surface area contributed by atoms with Crippen LogP contribution >= 0.6 is 0 Å². The Balaban J connectivity index is 2.11. The van der Waals surface area contributed by atoms with Gasteiger partial charge in [-0.3, -0.25) is 14.4 Å². The average molecular weight is 788 g/mol. The van der Waals surface area contributed by atoms with E-state index in [1.807, 2.05) is 0 Å². The van der Waals surface area contributed by atoms with E-state index >= 15 is 4.39 Å². The molecule has 2 aromatic carbocycles. The molecule has 1 heterocycles. The van der Waals surface area contributed by atoms with E-state index in [0.29, 0.717) is 0 Å². The molecule has 0 unspecified atom stereocenters. The lowest BCUT2D eigenvalue weighted by Gasteiger charge is -2.31. The number of nitrogens with two attached hydrogens (primary N) is 1. The highest BCUT2D eigenvalue weighted by molar-refractivity contribution is 5.95. The number of nitrogens with zero attached hydrogens (tertiary/aromatic N) is 1. The van der Waals surface area contributed by atoms with E-state index in [0.717, 1.165) is 18.1 Å². The second-order valence-corrected chi connectivity index (χ2v) is 15.5. The SMILES string of the molecule is COC(=O)[C@@H]1Cc2cc(F)c(O)c(c2)-c2cc(ccc2OCCNC(=O)OC(C)(C)C)[C@H](N(C)C(=O)[C@@H](N)CCNC(=O)OC(C)(C)C)C(=O)C[C@@H](C)C(=O)N1. The summed E-state index contributed by atoms with van der Waals surface area (Å²) < 4.78 is 36.9. The van der Waals surface area contributed by atoms with Crippen molar-refractivity contribution in [2.75, 3.05) is 33.9 Å². The Kier molecular flexibility index (Phi) is 15.2. The van der Waals surface area contributed by atoms with Crippen LogP contribution in [0.2, 0.25) is 0 Å². The number of amides is 4. The molecule has 0 fully saturated rings. The lowest BCUT2D eigenvalue weighted by Crippen LogP contribution is -2.48. The van der Waals surface area contributed by atoms with Gasteiger partial charge in [0.1, 0.15) is 35.6 Å². The molecule has 2 aromatic rings. The van der Waals surface area contributed by atoms with Crippen LogP contribution in [0.4, 0.5) is 14.0 Å². The highest BCUT2D eigenvalue weighted by atomic mass is 19.1. The molecule has 308 valence electrons. The van der Waals surface area contributed by atoms with Crippen molar-refractivity contribution in [2.24, 2.45) is 11.7 Å². The first-order valence-electron chi connectivity index (χ1n) is 18.2. The fourth-order valence-electron chi connectivity index (χ4n) is 5.83. The Morgan fingerprint density at radius 2 is 1.57 bits per heavy atom. The lowest BCUT2D eigenvalue weighted by atomic mass is 9.89. The average Bonchev–Trinajstić information content (AvgIpc) is 3.08. The summed E-state index contributed by atoms with van der Waals surface area (Å²) in [4.78, 5) is 79.6. The number of phenolic OH excluding ortho intramolecular Hbond substituents is 1. The first kappa shape index (κ1) is 44.9. The Morgan fingerprint density at radius 3 is 2.16 bits per heavy atom. The molecule has 4 atom stereocenters. The fourth-order valence-corrected chi connectivity index (χ4v) is 5.83. The number of ether oxygens (including phenoxy) is 4. The number of fused-ring (bicyclic) bond motifs is 5. The van der Waals surface area contributed by atoms with Crippen molar-refractivity contribution < 1.29 is 57.2 Å². The lowest BCUT2D eigenvalue weighted by molar-refractivity contribution is -0.145. The number of likely N-dealkylation sites (N-methyl/N-ethyl adjacent to an activating group) is 1. The summed E-state index contributed by atoms with van der Waals surface area (Å²) in [7, 11) is 2.48. The maximum absolute atomic E-state index is 15.5. The van der Waals surface area contributed by atoms with Crippen LogP contribution in [0.25, 0.3) is 11.1 Å². The molecule has 6 N–H and O–H groups in total. The summed E-state index contributed by atoms with van der Waals surface area (Å²) in [5.74, 6) is -5.50. The second kappa shape index (κ2) is 18.9. The number of nitrogens with one attached hydrogen (secondary N) is 3. The number of benzene rings is 2. The second-order valence-electron chi connectivity index (χ2n) is 15.5. The normalized spacial score (nSPS) is 18.0. The number of carbonyl (C=O) groups is 6. The quantitative estimate of drug-likeness (QED) is 0.132. The maximum Gasteiger partial charge on any atom is 0.407 e. The van der Waals surface area contributed by atoms with Crippen LogP contribution in [-0.2, 0) is 39.8 Å². The van der Waals surface area contributed by atoms with E-state index in [-0.39, 0.29) is 67.0 Å². The van der Waals surface area contributed by atoms with Crippen molar-refractivity contribution in [1.82, 2.24) is 20.9 Å². The Labute approximate surface area is 325 Å². The summed E-state index contributed by atoms with van der Waals surface area (Å²) >= 11 is 0. The number of hydrogen-bond acceptors (Lipinski definition) is 12. The van der Waals surface area contributed by atoms with Crippen LogP contribution in [0.3, 0.4) is 0 Å². The summed E-state index contributed by atoms with van der Waals surface area (Å²) in [5, 5.41) is 18.8. The van der Waals surface area contributed by atoms with Crippen molar-refractivity contribution in [3.8, 4) is 22.6 Å². The van der Waals surface area contributed by atoms with Crippen LogP contribution in [-0.4, -0.2) is 103 Å². The minimum absolute atomic E-state index is 0.00604. The van der Waals surface area contributed by atoms with Gasteiger partial charge in [-0.1, -0.05) is 13.0 Å². The van der Waals surface area contributed by atoms with Gasteiger partial charge in [0.25, 0.3) is 0 Å². The highest BCUT2D eigenvalue weighted by Gasteiger charge is 2.35. The monoisotopic (exact) mass is 787 g/mol. The van der Waals surface area contributed by atoms with Crippen LogP contribution in [0, 0.1) is 11.7 Å². The zero-order valence-electron chi connectivity index (χ0n) is 33.4. The van der Waals surface area contributed by atoms with Gasteiger partial charge in [0.2, 0.25) is 11.8 Å². The number of aromatic hydroxyl groups is 1. The molecule has 0 radical (unpaired) electrons. The van der Waals surface area contributed by atoms with Crippen molar-refractivity contribution >= 4 is 35.8 Å². The Hall–Kier alpha value is -5.45. The number of phenols is 1. The van der Waals surface area contributed by atoms with E-state index in [4.69, 9.17) is 24.7 Å². The predicted octanol–water partition coefficient (Wildman–Crippen LogP) is 3.65. The zero-order chi connectivity index (χ0) is 42.1. The first-order chi connectivity index (χ1) is 26.0. The van der Waals surface area contributed by atoms with Gasteiger partial charge in [-0.2, -0.15) is 0 Å². The van der Waals surface area contributed by atoms with Gasteiger partial charge in [-0.15, -0.1) is 0 Å². The molecule has 17 heteroatoms. The largest absolute Gasteiger partial charge is 0.504 e.